The number of benzene rings is 1. The molecule has 0 radical (unpaired) electrons. The van der Waals surface area contributed by atoms with Gasteiger partial charge in [0.15, 0.2) is 5.96 Å². The number of likely N-dealkylation sites (tertiary alicyclic amines) is 1. The van der Waals surface area contributed by atoms with Crippen LogP contribution in [0.2, 0.25) is 0 Å². The number of halogens is 1. The minimum absolute atomic E-state index is 0. The van der Waals surface area contributed by atoms with Crippen molar-refractivity contribution >= 4 is 40.0 Å². The Hall–Kier alpha value is -0.910. The van der Waals surface area contributed by atoms with Crippen LogP contribution in [0.15, 0.2) is 34.2 Å². The van der Waals surface area contributed by atoms with Crippen molar-refractivity contribution in [1.29, 1.82) is 0 Å². The molecule has 1 heterocycles. The number of rotatable bonds is 7. The van der Waals surface area contributed by atoms with E-state index >= 15 is 0 Å². The SMILES string of the molecule is CN=C(NCCCN1CCC(C)CC1)NCc1ccc(S(N)(=O)=O)cc1.I. The normalized spacial score (nSPS) is 16.6. The molecule has 0 amide bonds. The Morgan fingerprint density at radius 1 is 1.22 bits per heavy atom. The molecule has 154 valence electrons. The Balaban J connectivity index is 0.00000364. The first-order valence-electron chi connectivity index (χ1n) is 9.17. The van der Waals surface area contributed by atoms with E-state index in [0.29, 0.717) is 6.54 Å². The van der Waals surface area contributed by atoms with Crippen molar-refractivity contribution in [3.63, 3.8) is 0 Å². The topological polar surface area (TPSA) is 99.8 Å². The molecule has 9 heteroatoms. The second-order valence-corrected chi connectivity index (χ2v) is 8.48. The second-order valence-electron chi connectivity index (χ2n) is 6.92. The molecule has 0 aromatic heterocycles. The molecule has 1 aromatic rings. The molecular formula is C18H32IN5O2S. The maximum Gasteiger partial charge on any atom is 0.238 e. The molecule has 0 atom stereocenters. The molecule has 0 spiro atoms. The van der Waals surface area contributed by atoms with Crippen LogP contribution >= 0.6 is 24.0 Å². The van der Waals surface area contributed by atoms with Crippen molar-refractivity contribution < 1.29 is 8.42 Å². The van der Waals surface area contributed by atoms with Gasteiger partial charge in [-0.1, -0.05) is 19.1 Å². The molecule has 4 N–H and O–H groups in total. The summed E-state index contributed by atoms with van der Waals surface area (Å²) in [7, 11) is -1.90. The summed E-state index contributed by atoms with van der Waals surface area (Å²) in [5, 5.41) is 11.7. The van der Waals surface area contributed by atoms with Crippen LogP contribution < -0.4 is 15.8 Å². The highest BCUT2D eigenvalue weighted by Crippen LogP contribution is 2.15. The Labute approximate surface area is 180 Å². The highest BCUT2D eigenvalue weighted by molar-refractivity contribution is 14.0. The maximum atomic E-state index is 11.3. The van der Waals surface area contributed by atoms with E-state index in [1.807, 2.05) is 0 Å². The lowest BCUT2D eigenvalue weighted by atomic mass is 9.99. The molecule has 1 saturated heterocycles. The largest absolute Gasteiger partial charge is 0.356 e. The third-order valence-electron chi connectivity index (χ3n) is 4.76. The van der Waals surface area contributed by atoms with Crippen LogP contribution in [0.5, 0.6) is 0 Å². The summed E-state index contributed by atoms with van der Waals surface area (Å²) in [6, 6.07) is 6.53. The van der Waals surface area contributed by atoms with Crippen molar-refractivity contribution in [3.05, 3.63) is 29.8 Å². The van der Waals surface area contributed by atoms with Gasteiger partial charge in [0.05, 0.1) is 4.90 Å². The van der Waals surface area contributed by atoms with E-state index < -0.39 is 10.0 Å². The molecule has 0 aliphatic carbocycles. The molecule has 2 rings (SSSR count). The van der Waals surface area contributed by atoms with E-state index in [1.54, 1.807) is 19.2 Å². The van der Waals surface area contributed by atoms with Crippen LogP contribution in [0.25, 0.3) is 0 Å². The van der Waals surface area contributed by atoms with Crippen molar-refractivity contribution in [2.24, 2.45) is 16.0 Å². The quantitative estimate of drug-likeness (QED) is 0.225. The number of aliphatic imine (C=N–C) groups is 1. The molecular weight excluding hydrogens is 477 g/mol. The van der Waals surface area contributed by atoms with E-state index in [2.05, 4.69) is 27.4 Å². The first-order valence-corrected chi connectivity index (χ1v) is 10.7. The van der Waals surface area contributed by atoms with Crippen molar-refractivity contribution in [2.45, 2.75) is 37.6 Å². The van der Waals surface area contributed by atoms with Crippen LogP contribution in [0.3, 0.4) is 0 Å². The summed E-state index contributed by atoms with van der Waals surface area (Å²) in [6.45, 7) is 7.30. The fourth-order valence-electron chi connectivity index (χ4n) is 3.00. The minimum atomic E-state index is -3.64. The van der Waals surface area contributed by atoms with Crippen molar-refractivity contribution in [2.75, 3.05) is 33.2 Å². The Morgan fingerprint density at radius 3 is 2.41 bits per heavy atom. The monoisotopic (exact) mass is 509 g/mol. The van der Waals surface area contributed by atoms with E-state index in [4.69, 9.17) is 5.14 Å². The van der Waals surface area contributed by atoms with Crippen molar-refractivity contribution in [1.82, 2.24) is 15.5 Å². The summed E-state index contributed by atoms with van der Waals surface area (Å²) in [4.78, 5) is 6.87. The van der Waals surface area contributed by atoms with E-state index in [9.17, 15) is 8.42 Å². The molecule has 0 unspecified atom stereocenters. The average Bonchev–Trinajstić information content (AvgIpc) is 2.62. The zero-order chi connectivity index (χ0) is 19.0. The lowest BCUT2D eigenvalue weighted by Gasteiger charge is -2.30. The van der Waals surface area contributed by atoms with E-state index in [-0.39, 0.29) is 28.9 Å². The van der Waals surface area contributed by atoms with Gasteiger partial charge in [-0.2, -0.15) is 0 Å². The summed E-state index contributed by atoms with van der Waals surface area (Å²) >= 11 is 0. The van der Waals surface area contributed by atoms with Gasteiger partial charge in [-0.25, -0.2) is 13.6 Å². The van der Waals surface area contributed by atoms with Crippen molar-refractivity contribution in [3.8, 4) is 0 Å². The molecule has 27 heavy (non-hydrogen) atoms. The summed E-state index contributed by atoms with van der Waals surface area (Å²) in [5.41, 5.74) is 0.961. The molecule has 7 nitrogen and oxygen atoms in total. The fourth-order valence-corrected chi connectivity index (χ4v) is 3.51. The number of nitrogens with one attached hydrogen (secondary N) is 2. The van der Waals surface area contributed by atoms with Gasteiger partial charge in [-0.15, -0.1) is 24.0 Å². The molecule has 1 aliphatic heterocycles. The summed E-state index contributed by atoms with van der Waals surface area (Å²) in [5.74, 6) is 1.61. The Morgan fingerprint density at radius 2 is 1.85 bits per heavy atom. The number of primary sulfonamides is 1. The first-order chi connectivity index (χ1) is 12.4. The van der Waals surface area contributed by atoms with Crippen LogP contribution in [-0.2, 0) is 16.6 Å². The predicted molar refractivity (Wildman–Crippen MR) is 121 cm³/mol. The number of piperidine rings is 1. The standard InChI is InChI=1S/C18H31N5O2S.HI/c1-15-8-12-23(13-9-15)11-3-10-21-18(20-2)22-14-16-4-6-17(7-5-16)26(19,24)25;/h4-7,15H,3,8-14H2,1-2H3,(H2,19,24,25)(H2,20,21,22);1H. The second kappa shape index (κ2) is 11.8. The van der Waals surface area contributed by atoms with Gasteiger partial charge in [-0.05, 0) is 62.5 Å². The maximum absolute atomic E-state index is 11.3. The molecule has 1 fully saturated rings. The highest BCUT2D eigenvalue weighted by atomic mass is 127. The average molecular weight is 509 g/mol. The zero-order valence-corrected chi connectivity index (χ0v) is 19.3. The van der Waals surface area contributed by atoms with Crippen LogP contribution in [0.4, 0.5) is 0 Å². The van der Waals surface area contributed by atoms with Gasteiger partial charge >= 0.3 is 0 Å². The lowest BCUT2D eigenvalue weighted by Crippen LogP contribution is -2.39. The number of nitrogens with two attached hydrogens (primary N) is 1. The molecule has 1 aliphatic rings. The van der Waals surface area contributed by atoms with Gasteiger partial charge in [-0.3, -0.25) is 4.99 Å². The highest BCUT2D eigenvalue weighted by Gasteiger charge is 2.14. The molecule has 1 aromatic carbocycles. The number of guanidine groups is 1. The number of sulfonamides is 1. The van der Waals surface area contributed by atoms with Gasteiger partial charge in [0.25, 0.3) is 0 Å². The first kappa shape index (κ1) is 24.1. The smallest absolute Gasteiger partial charge is 0.238 e. The Bertz CT molecular complexity index is 686. The number of nitrogens with zero attached hydrogens (tertiary/aromatic N) is 2. The van der Waals surface area contributed by atoms with Gasteiger partial charge in [0, 0.05) is 20.1 Å². The zero-order valence-electron chi connectivity index (χ0n) is 16.1. The molecule has 0 bridgehead atoms. The number of hydrogen-bond donors (Lipinski definition) is 3. The van der Waals surface area contributed by atoms with Crippen LogP contribution in [0, 0.1) is 5.92 Å². The van der Waals surface area contributed by atoms with Gasteiger partial charge in [0.2, 0.25) is 10.0 Å². The van der Waals surface area contributed by atoms with Crippen LogP contribution in [0.1, 0.15) is 31.7 Å². The molecule has 0 saturated carbocycles. The van der Waals surface area contributed by atoms with Gasteiger partial charge in [0.1, 0.15) is 0 Å². The number of hydrogen-bond acceptors (Lipinski definition) is 4. The predicted octanol–water partition coefficient (Wildman–Crippen LogP) is 1.74. The van der Waals surface area contributed by atoms with E-state index in [1.165, 1.54) is 38.1 Å². The lowest BCUT2D eigenvalue weighted by molar-refractivity contribution is 0.191. The summed E-state index contributed by atoms with van der Waals surface area (Å²) < 4.78 is 22.5. The summed E-state index contributed by atoms with van der Waals surface area (Å²) in [6.07, 6.45) is 3.69. The Kier molecular flexibility index (Phi) is 10.6. The third-order valence-corrected chi connectivity index (χ3v) is 5.68. The van der Waals surface area contributed by atoms with Gasteiger partial charge < -0.3 is 15.5 Å². The fraction of sp³-hybridized carbons (Fsp3) is 0.611. The minimum Gasteiger partial charge on any atom is -0.356 e. The third kappa shape index (κ3) is 8.75. The van der Waals surface area contributed by atoms with Crippen LogP contribution in [-0.4, -0.2) is 52.5 Å². The van der Waals surface area contributed by atoms with E-state index in [0.717, 1.165) is 37.0 Å².